The molecule has 0 spiro atoms. The summed E-state index contributed by atoms with van der Waals surface area (Å²) < 4.78 is 5.31. The van der Waals surface area contributed by atoms with E-state index in [1.54, 1.807) is 0 Å². The van der Waals surface area contributed by atoms with Crippen LogP contribution in [0.5, 0.6) is 5.75 Å². The van der Waals surface area contributed by atoms with Gasteiger partial charge in [0.25, 0.3) is 0 Å². The Morgan fingerprint density at radius 1 is 0.792 bits per heavy atom. The van der Waals surface area contributed by atoms with Crippen LogP contribution in [0.4, 0.5) is 0 Å². The van der Waals surface area contributed by atoms with Crippen molar-refractivity contribution in [2.75, 3.05) is 0 Å². The molecule has 0 aliphatic carbocycles. The van der Waals surface area contributed by atoms with Crippen LogP contribution in [0.1, 0.15) is 22.3 Å². The monoisotopic (exact) mass is 312 g/mol. The van der Waals surface area contributed by atoms with E-state index >= 15 is 0 Å². The summed E-state index contributed by atoms with van der Waals surface area (Å²) >= 11 is 0. The topological polar surface area (TPSA) is 26.3 Å². The zero-order valence-corrected chi connectivity index (χ0v) is 13.1. The predicted octanol–water partition coefficient (Wildman–Crippen LogP) is 4.74. The number of benzene rings is 3. The largest absolute Gasteiger partial charge is 0.422 e. The van der Waals surface area contributed by atoms with Crippen molar-refractivity contribution >= 4 is 17.6 Å². The van der Waals surface area contributed by atoms with E-state index in [9.17, 15) is 4.79 Å². The third-order valence-electron chi connectivity index (χ3n) is 4.11. The molecule has 0 fully saturated rings. The highest BCUT2D eigenvalue weighted by molar-refractivity contribution is 6.25. The van der Waals surface area contributed by atoms with Crippen molar-refractivity contribution in [3.63, 3.8) is 0 Å². The van der Waals surface area contributed by atoms with Crippen molar-refractivity contribution in [3.05, 3.63) is 101 Å². The van der Waals surface area contributed by atoms with Gasteiger partial charge in [-0.05, 0) is 35.3 Å². The van der Waals surface area contributed by atoms with Gasteiger partial charge in [-0.1, -0.05) is 72.8 Å². The molecule has 0 aromatic heterocycles. The summed E-state index contributed by atoms with van der Waals surface area (Å²) in [6.07, 6.45) is 2.78. The second-order valence-corrected chi connectivity index (χ2v) is 5.85. The van der Waals surface area contributed by atoms with Crippen LogP contribution < -0.4 is 4.74 Å². The fraction of sp³-hybridized carbons (Fsp3) is 0.0455. The van der Waals surface area contributed by atoms with Crippen molar-refractivity contribution in [2.24, 2.45) is 0 Å². The zero-order chi connectivity index (χ0) is 16.4. The number of rotatable bonds is 3. The molecule has 2 nitrogen and oxygen atoms in total. The Balaban J connectivity index is 1.66. The van der Waals surface area contributed by atoms with Gasteiger partial charge in [0.1, 0.15) is 5.75 Å². The first kappa shape index (κ1) is 14.5. The van der Waals surface area contributed by atoms with Crippen molar-refractivity contribution in [1.82, 2.24) is 0 Å². The molecule has 1 aliphatic heterocycles. The van der Waals surface area contributed by atoms with Gasteiger partial charge in [0.05, 0.1) is 5.57 Å². The van der Waals surface area contributed by atoms with Gasteiger partial charge in [-0.2, -0.15) is 0 Å². The first-order chi connectivity index (χ1) is 11.8. The summed E-state index contributed by atoms with van der Waals surface area (Å²) in [5, 5.41) is 0. The molecule has 1 aliphatic rings. The van der Waals surface area contributed by atoms with Crippen molar-refractivity contribution in [3.8, 4) is 5.75 Å². The molecule has 0 radical (unpaired) electrons. The summed E-state index contributed by atoms with van der Waals surface area (Å²) in [5.74, 6) is 0.346. The van der Waals surface area contributed by atoms with Gasteiger partial charge in [-0.15, -0.1) is 0 Å². The predicted molar refractivity (Wildman–Crippen MR) is 95.6 cm³/mol. The Labute approximate surface area is 141 Å². The van der Waals surface area contributed by atoms with Crippen LogP contribution in [-0.4, -0.2) is 5.97 Å². The first-order valence-electron chi connectivity index (χ1n) is 7.96. The molecular formula is C22H16O2. The minimum atomic E-state index is -0.287. The Morgan fingerprint density at radius 3 is 2.42 bits per heavy atom. The second kappa shape index (κ2) is 6.17. The van der Waals surface area contributed by atoms with Crippen LogP contribution in [0.15, 0.2) is 78.9 Å². The van der Waals surface area contributed by atoms with Crippen LogP contribution in [0, 0.1) is 0 Å². The highest BCUT2D eigenvalue weighted by atomic mass is 16.5. The fourth-order valence-corrected chi connectivity index (χ4v) is 2.97. The van der Waals surface area contributed by atoms with Crippen molar-refractivity contribution in [2.45, 2.75) is 6.42 Å². The molecule has 0 amide bonds. The van der Waals surface area contributed by atoms with E-state index < -0.39 is 0 Å². The van der Waals surface area contributed by atoms with Gasteiger partial charge in [-0.3, -0.25) is 0 Å². The molecule has 4 rings (SSSR count). The Hall–Kier alpha value is -3.13. The molecular weight excluding hydrogens is 296 g/mol. The van der Waals surface area contributed by atoms with Crippen LogP contribution in [0.25, 0.3) is 11.6 Å². The molecule has 0 saturated heterocycles. The Bertz CT molecular complexity index is 923. The van der Waals surface area contributed by atoms with Crippen LogP contribution in [-0.2, 0) is 11.2 Å². The summed E-state index contributed by atoms with van der Waals surface area (Å²) in [6.45, 7) is 0. The smallest absolute Gasteiger partial charge is 0.344 e. The Morgan fingerprint density at radius 2 is 1.54 bits per heavy atom. The normalized spacial score (nSPS) is 14.5. The highest BCUT2D eigenvalue weighted by Gasteiger charge is 2.26. The summed E-state index contributed by atoms with van der Waals surface area (Å²) in [6, 6.07) is 26.1. The van der Waals surface area contributed by atoms with Gasteiger partial charge in [0.2, 0.25) is 0 Å². The lowest BCUT2D eigenvalue weighted by molar-refractivity contribution is -0.126. The van der Waals surface area contributed by atoms with Crippen LogP contribution in [0.3, 0.4) is 0 Å². The maximum atomic E-state index is 12.1. The first-order valence-corrected chi connectivity index (χ1v) is 7.96. The van der Waals surface area contributed by atoms with Gasteiger partial charge in [-0.25, -0.2) is 4.79 Å². The van der Waals surface area contributed by atoms with E-state index in [0.717, 1.165) is 17.5 Å². The second-order valence-electron chi connectivity index (χ2n) is 5.85. The van der Waals surface area contributed by atoms with E-state index in [1.807, 2.05) is 60.7 Å². The molecule has 116 valence electrons. The lowest BCUT2D eigenvalue weighted by Gasteiger charge is -2.04. The number of fused-ring (bicyclic) bond motifs is 1. The number of ether oxygens (including phenoxy) is 1. The van der Waals surface area contributed by atoms with Gasteiger partial charge in [0, 0.05) is 5.56 Å². The number of carbonyl (C=O) groups excluding carboxylic acids is 1. The number of esters is 1. The minimum Gasteiger partial charge on any atom is -0.422 e. The molecule has 2 heteroatoms. The third-order valence-corrected chi connectivity index (χ3v) is 4.11. The number of carbonyl (C=O) groups is 1. The van der Waals surface area contributed by atoms with E-state index in [2.05, 4.69) is 24.3 Å². The Kier molecular flexibility index (Phi) is 3.72. The molecule has 0 N–H and O–H groups in total. The molecule has 3 aromatic carbocycles. The van der Waals surface area contributed by atoms with E-state index in [4.69, 9.17) is 4.74 Å². The average Bonchev–Trinajstić information content (AvgIpc) is 2.92. The summed E-state index contributed by atoms with van der Waals surface area (Å²) in [4.78, 5) is 12.1. The zero-order valence-electron chi connectivity index (χ0n) is 13.1. The fourth-order valence-electron chi connectivity index (χ4n) is 2.97. The van der Waals surface area contributed by atoms with E-state index in [0.29, 0.717) is 11.3 Å². The van der Waals surface area contributed by atoms with Gasteiger partial charge >= 0.3 is 5.97 Å². The standard InChI is InChI=1S/C22H16O2/c23-22-20(19-11-4-5-12-21(19)24-22)15-18-10-6-9-17(14-18)13-16-7-2-1-3-8-16/h1-12,14-15H,13H2/b20-15+. The van der Waals surface area contributed by atoms with Gasteiger partial charge in [0.15, 0.2) is 0 Å². The molecule has 3 aromatic rings. The number of hydrogen-bond donors (Lipinski definition) is 0. The number of hydrogen-bond acceptors (Lipinski definition) is 2. The molecule has 0 unspecified atom stereocenters. The molecule has 24 heavy (non-hydrogen) atoms. The average molecular weight is 312 g/mol. The maximum absolute atomic E-state index is 12.1. The molecule has 0 atom stereocenters. The van der Waals surface area contributed by atoms with Gasteiger partial charge < -0.3 is 4.74 Å². The van der Waals surface area contributed by atoms with Crippen molar-refractivity contribution < 1.29 is 9.53 Å². The molecule has 0 bridgehead atoms. The quantitative estimate of drug-likeness (QED) is 0.397. The SMILES string of the molecule is O=C1Oc2ccccc2/C1=C\c1cccc(Cc2ccccc2)c1. The molecule has 0 saturated carbocycles. The van der Waals surface area contributed by atoms with E-state index in [1.165, 1.54) is 11.1 Å². The summed E-state index contributed by atoms with van der Waals surface area (Å²) in [7, 11) is 0. The van der Waals surface area contributed by atoms with Crippen LogP contribution >= 0.6 is 0 Å². The third kappa shape index (κ3) is 2.86. The lowest BCUT2D eigenvalue weighted by atomic mass is 10.00. The van der Waals surface area contributed by atoms with E-state index in [-0.39, 0.29) is 5.97 Å². The lowest BCUT2D eigenvalue weighted by Crippen LogP contribution is -2.00. The molecule has 1 heterocycles. The maximum Gasteiger partial charge on any atom is 0.344 e. The highest BCUT2D eigenvalue weighted by Crippen LogP contribution is 2.35. The van der Waals surface area contributed by atoms with Crippen LogP contribution in [0.2, 0.25) is 0 Å². The van der Waals surface area contributed by atoms with Crippen molar-refractivity contribution in [1.29, 1.82) is 0 Å². The summed E-state index contributed by atoms with van der Waals surface area (Å²) in [5.41, 5.74) is 4.97. The minimum absolute atomic E-state index is 0.287. The number of para-hydroxylation sites is 1.